The lowest BCUT2D eigenvalue weighted by atomic mass is 9.78. The minimum atomic E-state index is -0.446. The predicted octanol–water partition coefficient (Wildman–Crippen LogP) is 6.48. The van der Waals surface area contributed by atoms with E-state index >= 15 is 0 Å². The molecule has 0 aromatic heterocycles. The van der Waals surface area contributed by atoms with Crippen LogP contribution in [0.5, 0.6) is 0 Å². The van der Waals surface area contributed by atoms with Crippen LogP contribution in [0.3, 0.4) is 0 Å². The first-order chi connectivity index (χ1) is 21.6. The maximum absolute atomic E-state index is 12.6. The molecule has 0 spiro atoms. The van der Waals surface area contributed by atoms with Gasteiger partial charge in [0.25, 0.3) is 0 Å². The maximum Gasteiger partial charge on any atom is 0.217 e. The van der Waals surface area contributed by atoms with Crippen molar-refractivity contribution in [1.29, 1.82) is 0 Å². The highest BCUT2D eigenvalue weighted by Crippen LogP contribution is 2.63. The Hall–Kier alpha value is -3.81. The molecule has 6 rings (SSSR count). The molecule has 0 saturated heterocycles. The van der Waals surface area contributed by atoms with E-state index in [1.807, 2.05) is 72.8 Å². The van der Waals surface area contributed by atoms with Crippen LogP contribution >= 0.6 is 0 Å². The Morgan fingerprint density at radius 2 is 1.07 bits per heavy atom. The van der Waals surface area contributed by atoms with Crippen LogP contribution in [0.2, 0.25) is 0 Å². The lowest BCUT2D eigenvalue weighted by Crippen LogP contribution is -2.62. The summed E-state index contributed by atoms with van der Waals surface area (Å²) in [6, 6.07) is 40.5. The van der Waals surface area contributed by atoms with E-state index < -0.39 is 12.2 Å². The van der Waals surface area contributed by atoms with Crippen LogP contribution in [0.4, 0.5) is 0 Å². The summed E-state index contributed by atoms with van der Waals surface area (Å²) in [5, 5.41) is 3.26. The topological polar surface area (TPSA) is 66.0 Å². The van der Waals surface area contributed by atoms with Crippen molar-refractivity contribution in [3.63, 3.8) is 0 Å². The Morgan fingerprint density at radius 3 is 1.55 bits per heavy atom. The average Bonchev–Trinajstić information content (AvgIpc) is 3.80. The molecular formula is C38H41NO5. The zero-order valence-electron chi connectivity index (χ0n) is 25.2. The van der Waals surface area contributed by atoms with Crippen molar-refractivity contribution in [2.45, 2.75) is 64.1 Å². The molecule has 44 heavy (non-hydrogen) atoms. The van der Waals surface area contributed by atoms with Gasteiger partial charge in [0.05, 0.1) is 45.2 Å². The highest BCUT2D eigenvalue weighted by atomic mass is 16.6. The van der Waals surface area contributed by atoms with Gasteiger partial charge in [-0.15, -0.1) is 0 Å². The Balaban J connectivity index is 1.32. The van der Waals surface area contributed by atoms with E-state index in [1.54, 1.807) is 6.92 Å². The van der Waals surface area contributed by atoms with E-state index in [4.69, 9.17) is 18.9 Å². The minimum absolute atomic E-state index is 0.0835. The summed E-state index contributed by atoms with van der Waals surface area (Å²) in [7, 11) is 0. The molecule has 0 aliphatic heterocycles. The first-order valence-corrected chi connectivity index (χ1v) is 15.5. The Morgan fingerprint density at radius 1 is 0.636 bits per heavy atom. The van der Waals surface area contributed by atoms with Crippen molar-refractivity contribution in [3.8, 4) is 0 Å². The highest BCUT2D eigenvalue weighted by Gasteiger charge is 2.71. The molecule has 2 saturated carbocycles. The van der Waals surface area contributed by atoms with Gasteiger partial charge in [0, 0.05) is 12.3 Å². The van der Waals surface area contributed by atoms with Crippen LogP contribution in [0, 0.1) is 11.3 Å². The standard InChI is InChI=1S/C38H41NO5/c1-28(40)39-34-33-22-38(33,27-41-23-29-14-6-2-7-15-29)37(44-26-32-20-12-5-13-21-32)36(43-25-31-18-10-4-11-19-31)35(34)42-24-30-16-8-3-9-17-30/h2-21,33-37H,22-27H2,1H3,(H,39,40)/t33-,34-,35-,36+,37-,38+/m0/s1. The molecule has 2 aliphatic rings. The third kappa shape index (κ3) is 7.28. The zero-order chi connectivity index (χ0) is 30.2. The molecule has 6 heteroatoms. The van der Waals surface area contributed by atoms with E-state index in [9.17, 15) is 4.79 Å². The van der Waals surface area contributed by atoms with E-state index in [-0.39, 0.29) is 29.4 Å². The SMILES string of the molecule is CC(=O)N[C@@H]1[C@H](OCc2ccccc2)[C@@H](OCc2ccccc2)[C@H](OCc2ccccc2)[C@@]2(COCc3ccccc3)C[C@@H]12. The molecule has 2 aliphatic carbocycles. The quantitative estimate of drug-likeness (QED) is 0.182. The predicted molar refractivity (Wildman–Crippen MR) is 169 cm³/mol. The van der Waals surface area contributed by atoms with Gasteiger partial charge < -0.3 is 24.3 Å². The summed E-state index contributed by atoms with van der Waals surface area (Å²) in [6.07, 6.45) is -0.322. The first kappa shape index (κ1) is 30.2. The molecule has 2 fully saturated rings. The van der Waals surface area contributed by atoms with Crippen molar-refractivity contribution < 1.29 is 23.7 Å². The summed E-state index contributed by atoms with van der Waals surface area (Å²) in [5.41, 5.74) is 4.02. The molecular weight excluding hydrogens is 550 g/mol. The Labute approximate surface area is 260 Å². The third-order valence-corrected chi connectivity index (χ3v) is 8.85. The molecule has 0 heterocycles. The monoisotopic (exact) mass is 591 g/mol. The van der Waals surface area contributed by atoms with Gasteiger partial charge in [-0.1, -0.05) is 121 Å². The van der Waals surface area contributed by atoms with Gasteiger partial charge in [-0.2, -0.15) is 0 Å². The first-order valence-electron chi connectivity index (χ1n) is 15.5. The van der Waals surface area contributed by atoms with Crippen molar-refractivity contribution in [2.24, 2.45) is 11.3 Å². The second kappa shape index (κ2) is 14.3. The molecule has 1 amide bonds. The summed E-state index contributed by atoms with van der Waals surface area (Å²) < 4.78 is 26.8. The van der Waals surface area contributed by atoms with E-state index in [0.717, 1.165) is 28.7 Å². The average molecular weight is 592 g/mol. The van der Waals surface area contributed by atoms with Crippen LogP contribution in [0.1, 0.15) is 35.6 Å². The number of carbonyl (C=O) groups is 1. The van der Waals surface area contributed by atoms with Gasteiger partial charge in [-0.25, -0.2) is 0 Å². The van der Waals surface area contributed by atoms with Gasteiger partial charge in [-0.3, -0.25) is 4.79 Å². The molecule has 4 aromatic carbocycles. The second-order valence-corrected chi connectivity index (χ2v) is 12.0. The van der Waals surface area contributed by atoms with Crippen LogP contribution in [-0.4, -0.2) is 36.9 Å². The molecule has 6 nitrogen and oxygen atoms in total. The van der Waals surface area contributed by atoms with E-state index in [1.165, 1.54) is 0 Å². The van der Waals surface area contributed by atoms with Crippen molar-refractivity contribution in [2.75, 3.05) is 6.61 Å². The molecule has 4 aromatic rings. The number of nitrogens with one attached hydrogen (secondary N) is 1. The van der Waals surface area contributed by atoms with Crippen molar-refractivity contribution >= 4 is 5.91 Å². The number of hydrogen-bond donors (Lipinski definition) is 1. The fourth-order valence-electron chi connectivity index (χ4n) is 6.63. The van der Waals surface area contributed by atoms with E-state index in [0.29, 0.717) is 33.0 Å². The van der Waals surface area contributed by atoms with Gasteiger partial charge in [0.15, 0.2) is 0 Å². The molecule has 0 unspecified atom stereocenters. The molecule has 0 bridgehead atoms. The summed E-state index contributed by atoms with van der Waals surface area (Å²) in [5.74, 6) is 0.0417. The fraction of sp³-hybridized carbons (Fsp3) is 0.342. The number of ether oxygens (including phenoxy) is 4. The van der Waals surface area contributed by atoms with Crippen LogP contribution in [0.15, 0.2) is 121 Å². The summed E-state index contributed by atoms with van der Waals surface area (Å²) in [6.45, 7) is 3.83. The van der Waals surface area contributed by atoms with Crippen LogP contribution < -0.4 is 5.32 Å². The fourth-order valence-corrected chi connectivity index (χ4v) is 6.63. The normalized spacial score (nSPS) is 25.6. The zero-order valence-corrected chi connectivity index (χ0v) is 25.2. The van der Waals surface area contributed by atoms with Crippen molar-refractivity contribution in [3.05, 3.63) is 144 Å². The van der Waals surface area contributed by atoms with Crippen LogP contribution in [0.25, 0.3) is 0 Å². The molecule has 0 radical (unpaired) electrons. The van der Waals surface area contributed by atoms with E-state index in [2.05, 4.69) is 53.8 Å². The number of amides is 1. The van der Waals surface area contributed by atoms with Gasteiger partial charge in [-0.05, 0) is 34.6 Å². The summed E-state index contributed by atoms with van der Waals surface area (Å²) >= 11 is 0. The molecule has 228 valence electrons. The number of hydrogen-bond acceptors (Lipinski definition) is 5. The Bertz CT molecular complexity index is 1450. The summed E-state index contributed by atoms with van der Waals surface area (Å²) in [4.78, 5) is 12.6. The largest absolute Gasteiger partial charge is 0.376 e. The van der Waals surface area contributed by atoms with Crippen molar-refractivity contribution in [1.82, 2.24) is 5.32 Å². The maximum atomic E-state index is 12.6. The number of carbonyl (C=O) groups excluding carboxylic acids is 1. The smallest absolute Gasteiger partial charge is 0.217 e. The van der Waals surface area contributed by atoms with Gasteiger partial charge in [0.1, 0.15) is 12.2 Å². The number of fused-ring (bicyclic) bond motifs is 1. The van der Waals surface area contributed by atoms with Gasteiger partial charge >= 0.3 is 0 Å². The number of benzene rings is 4. The third-order valence-electron chi connectivity index (χ3n) is 8.85. The molecule has 1 N–H and O–H groups in total. The minimum Gasteiger partial charge on any atom is -0.376 e. The van der Waals surface area contributed by atoms with Gasteiger partial charge in [0.2, 0.25) is 5.91 Å². The Kier molecular flexibility index (Phi) is 9.83. The highest BCUT2D eigenvalue weighted by molar-refractivity contribution is 5.73. The number of rotatable bonds is 14. The molecule has 6 atom stereocenters. The van der Waals surface area contributed by atoms with Crippen LogP contribution in [-0.2, 0) is 50.2 Å². The lowest BCUT2D eigenvalue weighted by molar-refractivity contribution is -0.207. The second-order valence-electron chi connectivity index (χ2n) is 12.0. The lowest BCUT2D eigenvalue weighted by Gasteiger charge is -2.46.